The summed E-state index contributed by atoms with van der Waals surface area (Å²) in [5.41, 5.74) is 0. The Morgan fingerprint density at radius 3 is 2.86 bits per heavy atom. The first-order valence-electron chi connectivity index (χ1n) is 4.06. The predicted molar refractivity (Wildman–Crippen MR) is 71.2 cm³/mol. The van der Waals surface area contributed by atoms with Crippen molar-refractivity contribution in [2.24, 2.45) is 0 Å². The monoisotopic (exact) mass is 306 g/mol. The molecule has 2 rings (SSSR count). The van der Waals surface area contributed by atoms with E-state index in [1.165, 1.54) is 19.9 Å². The molecule has 0 radical (unpaired) electrons. The van der Waals surface area contributed by atoms with Crippen molar-refractivity contribution in [1.82, 2.24) is 0 Å². The highest BCUT2D eigenvalue weighted by atomic mass is 79.9. The fraction of sp³-hybridized carbons (Fsp3) is 0.200. The van der Waals surface area contributed by atoms with Gasteiger partial charge in [0.25, 0.3) is 0 Å². The van der Waals surface area contributed by atoms with E-state index in [0.717, 1.165) is 10.4 Å². The predicted octanol–water partition coefficient (Wildman–Crippen LogP) is 5.17. The van der Waals surface area contributed by atoms with Gasteiger partial charge in [0.15, 0.2) is 0 Å². The van der Waals surface area contributed by atoms with Crippen LogP contribution in [0.5, 0.6) is 0 Å². The number of thiophene rings is 1. The van der Waals surface area contributed by atoms with E-state index in [9.17, 15) is 0 Å². The van der Waals surface area contributed by atoms with Gasteiger partial charge in [0.2, 0.25) is 0 Å². The van der Waals surface area contributed by atoms with E-state index in [-0.39, 0.29) is 0 Å². The van der Waals surface area contributed by atoms with Gasteiger partial charge in [-0.15, -0.1) is 23.1 Å². The summed E-state index contributed by atoms with van der Waals surface area (Å²) < 4.78 is 1.34. The molecule has 0 saturated carbocycles. The SMILES string of the molecule is CSc1cc(Cl)cc2cc(CBr)sc12. The highest BCUT2D eigenvalue weighted by molar-refractivity contribution is 9.08. The summed E-state index contributed by atoms with van der Waals surface area (Å²) in [5, 5.41) is 2.99. The molecule has 0 atom stereocenters. The average Bonchev–Trinajstić information content (AvgIpc) is 2.59. The first kappa shape index (κ1) is 10.8. The molecule has 0 saturated heterocycles. The van der Waals surface area contributed by atoms with Gasteiger partial charge in [0.1, 0.15) is 0 Å². The van der Waals surface area contributed by atoms with Crippen LogP contribution < -0.4 is 0 Å². The molecule has 2 aromatic rings. The molecule has 0 aliphatic rings. The summed E-state index contributed by atoms with van der Waals surface area (Å²) in [6.45, 7) is 0. The van der Waals surface area contributed by atoms with Crippen molar-refractivity contribution in [3.63, 3.8) is 0 Å². The van der Waals surface area contributed by atoms with Gasteiger partial charge in [-0.05, 0) is 29.8 Å². The fourth-order valence-corrected chi connectivity index (χ4v) is 3.97. The van der Waals surface area contributed by atoms with E-state index >= 15 is 0 Å². The van der Waals surface area contributed by atoms with Gasteiger partial charge in [-0.2, -0.15) is 0 Å². The maximum Gasteiger partial charge on any atom is 0.0482 e. The third kappa shape index (κ3) is 1.96. The Labute approximate surface area is 105 Å². The van der Waals surface area contributed by atoms with E-state index in [4.69, 9.17) is 11.6 Å². The molecule has 1 heterocycles. The second kappa shape index (κ2) is 4.44. The molecule has 1 aromatic carbocycles. The maximum atomic E-state index is 6.03. The summed E-state index contributed by atoms with van der Waals surface area (Å²) in [7, 11) is 0. The van der Waals surface area contributed by atoms with Crippen molar-refractivity contribution in [2.45, 2.75) is 10.2 Å². The number of fused-ring (bicyclic) bond motifs is 1. The van der Waals surface area contributed by atoms with Crippen molar-refractivity contribution in [3.05, 3.63) is 28.1 Å². The van der Waals surface area contributed by atoms with E-state index in [1.54, 1.807) is 11.8 Å². The van der Waals surface area contributed by atoms with Crippen LogP contribution in [0, 0.1) is 0 Å². The zero-order valence-corrected chi connectivity index (χ0v) is 11.5. The minimum absolute atomic E-state index is 0.820. The summed E-state index contributed by atoms with van der Waals surface area (Å²) in [6.07, 6.45) is 2.08. The number of rotatable bonds is 2. The third-order valence-corrected chi connectivity index (χ3v) is 5.22. The second-order valence-corrected chi connectivity index (χ2v) is 5.85. The molecule has 4 heteroatoms. The van der Waals surface area contributed by atoms with E-state index in [2.05, 4.69) is 28.3 Å². The van der Waals surface area contributed by atoms with Gasteiger partial charge in [-0.25, -0.2) is 0 Å². The van der Waals surface area contributed by atoms with Gasteiger partial charge in [0, 0.05) is 24.8 Å². The lowest BCUT2D eigenvalue weighted by molar-refractivity contribution is 1.58. The molecule has 0 aliphatic carbocycles. The summed E-state index contributed by atoms with van der Waals surface area (Å²) >= 11 is 13.1. The van der Waals surface area contributed by atoms with Gasteiger partial charge in [0.05, 0.1) is 0 Å². The van der Waals surface area contributed by atoms with Gasteiger partial charge < -0.3 is 0 Å². The lowest BCUT2D eigenvalue weighted by Crippen LogP contribution is -1.71. The Bertz CT molecular complexity index is 464. The van der Waals surface area contributed by atoms with E-state index in [1.807, 2.05) is 23.5 Å². The van der Waals surface area contributed by atoms with Crippen molar-refractivity contribution in [3.8, 4) is 0 Å². The standard InChI is InChI=1S/C10H8BrClS2/c1-13-9-4-7(12)2-6-3-8(5-11)14-10(6)9/h2-4H,5H2,1H3. The van der Waals surface area contributed by atoms with Crippen molar-refractivity contribution >= 4 is 60.7 Å². The summed E-state index contributed by atoms with van der Waals surface area (Å²) in [6, 6.07) is 6.25. The zero-order valence-electron chi connectivity index (χ0n) is 7.51. The van der Waals surface area contributed by atoms with Crippen LogP contribution in [-0.2, 0) is 5.33 Å². The van der Waals surface area contributed by atoms with E-state index in [0.29, 0.717) is 0 Å². The average molecular weight is 308 g/mol. The lowest BCUT2D eigenvalue weighted by Gasteiger charge is -1.98. The first-order chi connectivity index (χ1) is 6.74. The second-order valence-electron chi connectivity index (χ2n) is 2.87. The molecule has 0 bridgehead atoms. The molecule has 0 fully saturated rings. The van der Waals surface area contributed by atoms with Crippen LogP contribution in [0.1, 0.15) is 4.88 Å². The molecule has 0 nitrogen and oxygen atoms in total. The largest absolute Gasteiger partial charge is 0.138 e. The quantitative estimate of drug-likeness (QED) is 0.545. The molecule has 0 unspecified atom stereocenters. The van der Waals surface area contributed by atoms with Crippen LogP contribution in [0.25, 0.3) is 10.1 Å². The lowest BCUT2D eigenvalue weighted by atomic mass is 10.2. The molecule has 0 amide bonds. The Hall–Kier alpha value is 0.300. The van der Waals surface area contributed by atoms with Gasteiger partial charge in [-0.3, -0.25) is 0 Å². The molecule has 0 N–H and O–H groups in total. The van der Waals surface area contributed by atoms with Crippen LogP contribution in [0.15, 0.2) is 23.1 Å². The molecule has 14 heavy (non-hydrogen) atoms. The van der Waals surface area contributed by atoms with Gasteiger partial charge in [-0.1, -0.05) is 27.5 Å². The van der Waals surface area contributed by atoms with Crippen LogP contribution in [0.3, 0.4) is 0 Å². The number of thioether (sulfide) groups is 1. The maximum absolute atomic E-state index is 6.03. The molecule has 74 valence electrons. The first-order valence-corrected chi connectivity index (χ1v) is 7.60. The van der Waals surface area contributed by atoms with Crippen LogP contribution in [-0.4, -0.2) is 6.26 Å². The highest BCUT2D eigenvalue weighted by Crippen LogP contribution is 2.36. The molecular formula is C10H8BrClS2. The van der Waals surface area contributed by atoms with Gasteiger partial charge >= 0.3 is 0 Å². The molecule has 0 spiro atoms. The number of hydrogen-bond acceptors (Lipinski definition) is 2. The minimum atomic E-state index is 0.820. The van der Waals surface area contributed by atoms with Crippen LogP contribution >= 0.6 is 50.6 Å². The van der Waals surface area contributed by atoms with E-state index < -0.39 is 0 Å². The molecule has 1 aromatic heterocycles. The minimum Gasteiger partial charge on any atom is -0.138 e. The number of hydrogen-bond donors (Lipinski definition) is 0. The van der Waals surface area contributed by atoms with Crippen LogP contribution in [0.2, 0.25) is 5.02 Å². The zero-order chi connectivity index (χ0) is 10.1. The van der Waals surface area contributed by atoms with Crippen molar-refractivity contribution in [1.29, 1.82) is 0 Å². The Kier molecular flexibility index (Phi) is 3.42. The molecular weight excluding hydrogens is 300 g/mol. The Morgan fingerprint density at radius 1 is 1.43 bits per heavy atom. The Morgan fingerprint density at radius 2 is 2.21 bits per heavy atom. The van der Waals surface area contributed by atoms with Crippen molar-refractivity contribution in [2.75, 3.05) is 6.26 Å². The summed E-state index contributed by atoms with van der Waals surface area (Å²) in [4.78, 5) is 2.61. The normalized spacial score (nSPS) is 11.1. The topological polar surface area (TPSA) is 0 Å². The van der Waals surface area contributed by atoms with Crippen LogP contribution in [0.4, 0.5) is 0 Å². The smallest absolute Gasteiger partial charge is 0.0482 e. The fourth-order valence-electron chi connectivity index (χ4n) is 1.36. The Balaban J connectivity index is 2.71. The third-order valence-electron chi connectivity index (χ3n) is 1.95. The number of alkyl halides is 1. The molecule has 0 aliphatic heterocycles. The van der Waals surface area contributed by atoms with Crippen molar-refractivity contribution < 1.29 is 0 Å². The highest BCUT2D eigenvalue weighted by Gasteiger charge is 2.06. The number of halogens is 2. The number of benzene rings is 1. The summed E-state index contributed by atoms with van der Waals surface area (Å²) in [5.74, 6) is 0.